The number of carbonyl (C=O) groups is 2. The topological polar surface area (TPSA) is 61.4 Å². The molecular formula is C25H26ClN3O2. The van der Waals surface area contributed by atoms with Gasteiger partial charge in [-0.05, 0) is 42.3 Å². The van der Waals surface area contributed by atoms with Crippen molar-refractivity contribution >= 4 is 29.2 Å². The van der Waals surface area contributed by atoms with Crippen LogP contribution in [-0.4, -0.2) is 23.4 Å². The van der Waals surface area contributed by atoms with Crippen LogP contribution < -0.4 is 10.6 Å². The number of rotatable bonds is 8. The molecule has 0 fully saturated rings. The molecule has 0 aliphatic heterocycles. The SMILES string of the molecule is CC(NC(=O)CCN(Cc1ccccc1)C(=O)Nc1ccc(Cl)cc1)c1ccccc1. The van der Waals surface area contributed by atoms with E-state index in [9.17, 15) is 9.59 Å². The standard InChI is InChI=1S/C25H26ClN3O2/c1-19(21-10-6-3-7-11-21)27-24(30)16-17-29(18-20-8-4-2-5-9-20)25(31)28-23-14-12-22(26)13-15-23/h2-15,19H,16-18H2,1H3,(H,27,30)(H,28,31). The Morgan fingerprint density at radius 3 is 2.16 bits per heavy atom. The average molecular weight is 436 g/mol. The van der Waals surface area contributed by atoms with Crippen LogP contribution in [0.25, 0.3) is 0 Å². The molecule has 5 nitrogen and oxygen atoms in total. The number of nitrogens with zero attached hydrogens (tertiary/aromatic N) is 1. The number of hydrogen-bond donors (Lipinski definition) is 2. The second-order valence-corrected chi connectivity index (χ2v) is 7.73. The summed E-state index contributed by atoms with van der Waals surface area (Å²) in [5, 5.41) is 6.48. The van der Waals surface area contributed by atoms with Gasteiger partial charge in [0, 0.05) is 30.2 Å². The van der Waals surface area contributed by atoms with Gasteiger partial charge in [-0.15, -0.1) is 0 Å². The van der Waals surface area contributed by atoms with Gasteiger partial charge in [0.2, 0.25) is 5.91 Å². The minimum absolute atomic E-state index is 0.0980. The molecule has 1 atom stereocenters. The molecule has 0 spiro atoms. The van der Waals surface area contributed by atoms with Crippen molar-refractivity contribution in [1.82, 2.24) is 10.2 Å². The number of carbonyl (C=O) groups excluding carboxylic acids is 2. The Bertz CT molecular complexity index is 979. The number of benzene rings is 3. The van der Waals surface area contributed by atoms with E-state index in [2.05, 4.69) is 10.6 Å². The zero-order valence-corrected chi connectivity index (χ0v) is 18.2. The van der Waals surface area contributed by atoms with Gasteiger partial charge >= 0.3 is 6.03 Å². The third-order valence-corrected chi connectivity index (χ3v) is 5.14. The smallest absolute Gasteiger partial charge is 0.322 e. The van der Waals surface area contributed by atoms with Crippen LogP contribution in [0.15, 0.2) is 84.9 Å². The molecule has 0 saturated heterocycles. The van der Waals surface area contributed by atoms with Gasteiger partial charge in [0.05, 0.1) is 6.04 Å². The molecule has 2 N–H and O–H groups in total. The Morgan fingerprint density at radius 1 is 0.903 bits per heavy atom. The molecule has 3 rings (SSSR count). The third-order valence-electron chi connectivity index (χ3n) is 4.88. The fourth-order valence-electron chi connectivity index (χ4n) is 3.17. The first-order chi connectivity index (χ1) is 15.0. The lowest BCUT2D eigenvalue weighted by Gasteiger charge is -2.24. The minimum Gasteiger partial charge on any atom is -0.350 e. The molecular weight excluding hydrogens is 410 g/mol. The maximum atomic E-state index is 12.9. The maximum Gasteiger partial charge on any atom is 0.322 e. The number of urea groups is 1. The number of hydrogen-bond acceptors (Lipinski definition) is 2. The largest absolute Gasteiger partial charge is 0.350 e. The van der Waals surface area contributed by atoms with Crippen LogP contribution in [0.2, 0.25) is 5.02 Å². The summed E-state index contributed by atoms with van der Waals surface area (Å²) < 4.78 is 0. The van der Waals surface area contributed by atoms with Crippen molar-refractivity contribution in [1.29, 1.82) is 0 Å². The zero-order chi connectivity index (χ0) is 22.1. The summed E-state index contributed by atoms with van der Waals surface area (Å²) in [6.45, 7) is 2.64. The van der Waals surface area contributed by atoms with Gasteiger partial charge in [0.25, 0.3) is 0 Å². The second-order valence-electron chi connectivity index (χ2n) is 7.29. The molecule has 0 aliphatic carbocycles. The van der Waals surface area contributed by atoms with Crippen LogP contribution >= 0.6 is 11.6 Å². The molecule has 0 bridgehead atoms. The highest BCUT2D eigenvalue weighted by molar-refractivity contribution is 6.30. The molecule has 1 unspecified atom stereocenters. The van der Waals surface area contributed by atoms with Crippen molar-refractivity contribution < 1.29 is 9.59 Å². The first-order valence-corrected chi connectivity index (χ1v) is 10.6. The Labute approximate surface area is 188 Å². The summed E-state index contributed by atoms with van der Waals surface area (Å²) in [6.07, 6.45) is 0.206. The average Bonchev–Trinajstić information content (AvgIpc) is 2.79. The highest BCUT2D eigenvalue weighted by atomic mass is 35.5. The van der Waals surface area contributed by atoms with Crippen molar-refractivity contribution in [2.75, 3.05) is 11.9 Å². The molecule has 3 aromatic rings. The maximum absolute atomic E-state index is 12.9. The van der Waals surface area contributed by atoms with E-state index in [-0.39, 0.29) is 24.4 Å². The van der Waals surface area contributed by atoms with Crippen LogP contribution in [0.3, 0.4) is 0 Å². The molecule has 0 aromatic heterocycles. The van der Waals surface area contributed by atoms with Gasteiger partial charge < -0.3 is 15.5 Å². The number of anilines is 1. The molecule has 0 saturated carbocycles. The molecule has 31 heavy (non-hydrogen) atoms. The van der Waals surface area contributed by atoms with Crippen molar-refractivity contribution in [3.63, 3.8) is 0 Å². The summed E-state index contributed by atoms with van der Waals surface area (Å²) in [6, 6.07) is 26.1. The van der Waals surface area contributed by atoms with E-state index in [0.717, 1.165) is 11.1 Å². The van der Waals surface area contributed by atoms with Crippen molar-refractivity contribution in [3.8, 4) is 0 Å². The van der Waals surface area contributed by atoms with Gasteiger partial charge in [0.15, 0.2) is 0 Å². The lowest BCUT2D eigenvalue weighted by Crippen LogP contribution is -2.38. The Hall–Kier alpha value is -3.31. The van der Waals surface area contributed by atoms with E-state index in [0.29, 0.717) is 23.8 Å². The summed E-state index contributed by atoms with van der Waals surface area (Å²) >= 11 is 5.92. The summed E-state index contributed by atoms with van der Waals surface area (Å²) in [5.74, 6) is -0.103. The Balaban J connectivity index is 1.62. The van der Waals surface area contributed by atoms with Gasteiger partial charge in [-0.3, -0.25) is 4.79 Å². The Kier molecular flexibility index (Phi) is 8.07. The predicted octanol–water partition coefficient (Wildman–Crippen LogP) is 5.64. The molecule has 0 radical (unpaired) electrons. The van der Waals surface area contributed by atoms with Crippen LogP contribution in [-0.2, 0) is 11.3 Å². The fraction of sp³-hybridized carbons (Fsp3) is 0.200. The zero-order valence-electron chi connectivity index (χ0n) is 17.4. The van der Waals surface area contributed by atoms with Crippen LogP contribution in [0, 0.1) is 0 Å². The fourth-order valence-corrected chi connectivity index (χ4v) is 3.29. The van der Waals surface area contributed by atoms with Gasteiger partial charge in [-0.2, -0.15) is 0 Å². The lowest BCUT2D eigenvalue weighted by molar-refractivity contribution is -0.121. The molecule has 3 aromatic carbocycles. The first-order valence-electron chi connectivity index (χ1n) is 10.2. The number of halogens is 1. The van der Waals surface area contributed by atoms with Gasteiger partial charge in [-0.1, -0.05) is 72.3 Å². The normalized spacial score (nSPS) is 11.4. The summed E-state index contributed by atoms with van der Waals surface area (Å²) in [5.41, 5.74) is 2.68. The summed E-state index contributed by atoms with van der Waals surface area (Å²) in [7, 11) is 0. The van der Waals surface area contributed by atoms with Crippen LogP contribution in [0.1, 0.15) is 30.5 Å². The van der Waals surface area contributed by atoms with E-state index in [1.165, 1.54) is 0 Å². The van der Waals surface area contributed by atoms with Crippen LogP contribution in [0.4, 0.5) is 10.5 Å². The lowest BCUT2D eigenvalue weighted by atomic mass is 10.1. The third kappa shape index (κ3) is 7.15. The highest BCUT2D eigenvalue weighted by Gasteiger charge is 2.17. The molecule has 6 heteroatoms. The van der Waals surface area contributed by atoms with Crippen molar-refractivity contribution in [2.45, 2.75) is 25.9 Å². The van der Waals surface area contributed by atoms with E-state index in [1.807, 2.05) is 67.6 Å². The molecule has 160 valence electrons. The number of nitrogens with one attached hydrogen (secondary N) is 2. The van der Waals surface area contributed by atoms with E-state index < -0.39 is 0 Å². The minimum atomic E-state index is -0.268. The molecule has 3 amide bonds. The summed E-state index contributed by atoms with van der Waals surface area (Å²) in [4.78, 5) is 27.1. The van der Waals surface area contributed by atoms with E-state index in [4.69, 9.17) is 11.6 Å². The predicted molar refractivity (Wildman–Crippen MR) is 125 cm³/mol. The first kappa shape index (κ1) is 22.4. The second kappa shape index (κ2) is 11.2. The molecule has 0 heterocycles. The van der Waals surface area contributed by atoms with E-state index in [1.54, 1.807) is 29.2 Å². The van der Waals surface area contributed by atoms with Crippen molar-refractivity contribution in [3.05, 3.63) is 101 Å². The molecule has 0 aliphatic rings. The monoisotopic (exact) mass is 435 g/mol. The van der Waals surface area contributed by atoms with Gasteiger partial charge in [0.1, 0.15) is 0 Å². The van der Waals surface area contributed by atoms with Crippen molar-refractivity contribution in [2.24, 2.45) is 0 Å². The quantitative estimate of drug-likeness (QED) is 0.480. The van der Waals surface area contributed by atoms with Gasteiger partial charge in [-0.25, -0.2) is 4.79 Å². The van der Waals surface area contributed by atoms with Crippen LogP contribution in [0.5, 0.6) is 0 Å². The Morgan fingerprint density at radius 2 is 1.52 bits per heavy atom. The highest BCUT2D eigenvalue weighted by Crippen LogP contribution is 2.15. The van der Waals surface area contributed by atoms with E-state index >= 15 is 0 Å². The number of amides is 3.